The van der Waals surface area contributed by atoms with Gasteiger partial charge in [0.05, 0.1) is 34.1 Å². The predicted octanol–water partition coefficient (Wildman–Crippen LogP) is 3.06. The molecule has 0 unspecified atom stereocenters. The third-order valence-corrected chi connectivity index (χ3v) is 7.69. The van der Waals surface area contributed by atoms with Crippen LogP contribution in [0.15, 0.2) is 60.3 Å². The molecule has 1 saturated heterocycles. The van der Waals surface area contributed by atoms with Crippen LogP contribution < -0.4 is 4.90 Å². The summed E-state index contributed by atoms with van der Waals surface area (Å²) in [5, 5.41) is 0.962. The van der Waals surface area contributed by atoms with Gasteiger partial charge in [0.25, 0.3) is 0 Å². The first-order chi connectivity index (χ1) is 15.8. The zero-order valence-electron chi connectivity index (χ0n) is 18.2. The summed E-state index contributed by atoms with van der Waals surface area (Å²) in [6, 6.07) is 16.8. The summed E-state index contributed by atoms with van der Waals surface area (Å²) >= 11 is 0. The molecule has 0 N–H and O–H groups in total. The quantitative estimate of drug-likeness (QED) is 0.557. The van der Waals surface area contributed by atoms with Gasteiger partial charge in [0, 0.05) is 37.5 Å². The SMILES string of the molecule is CC(=O)N1/C(=C\c2ccc3cc(CN4CCS(=O)(=O)CC4)ccc3n2)C(=O)c2ccccc21. The van der Waals surface area contributed by atoms with Crippen molar-refractivity contribution in [2.75, 3.05) is 29.5 Å². The summed E-state index contributed by atoms with van der Waals surface area (Å²) in [4.78, 5) is 33.5. The minimum atomic E-state index is -2.89. The number of allylic oxidation sites excluding steroid dienone is 1. The van der Waals surface area contributed by atoms with Crippen molar-refractivity contribution < 1.29 is 18.0 Å². The molecule has 0 spiro atoms. The molecule has 2 aliphatic rings. The number of amides is 1. The second-order valence-corrected chi connectivity index (χ2v) is 10.7. The smallest absolute Gasteiger partial charge is 0.228 e. The Morgan fingerprint density at radius 1 is 1.06 bits per heavy atom. The van der Waals surface area contributed by atoms with Gasteiger partial charge in [-0.3, -0.25) is 19.4 Å². The number of carbonyl (C=O) groups is 2. The number of ketones is 1. The molecule has 3 heterocycles. The van der Waals surface area contributed by atoms with E-state index < -0.39 is 9.84 Å². The van der Waals surface area contributed by atoms with Crippen LogP contribution in [0.2, 0.25) is 0 Å². The Morgan fingerprint density at radius 3 is 2.58 bits per heavy atom. The fourth-order valence-corrected chi connectivity index (χ4v) is 5.65. The number of Topliss-reactive ketones (excluding diaryl/α,β-unsaturated/α-hetero) is 1. The van der Waals surface area contributed by atoms with Crippen molar-refractivity contribution in [1.29, 1.82) is 0 Å². The first kappa shape index (κ1) is 21.5. The van der Waals surface area contributed by atoms with Crippen LogP contribution in [0, 0.1) is 0 Å². The van der Waals surface area contributed by atoms with Gasteiger partial charge in [-0.1, -0.05) is 24.3 Å². The number of fused-ring (bicyclic) bond motifs is 2. The van der Waals surface area contributed by atoms with Gasteiger partial charge in [-0.2, -0.15) is 0 Å². The lowest BCUT2D eigenvalue weighted by molar-refractivity contribution is -0.116. The van der Waals surface area contributed by atoms with Gasteiger partial charge in [-0.05, 0) is 42.0 Å². The molecule has 0 radical (unpaired) electrons. The van der Waals surface area contributed by atoms with E-state index in [0.29, 0.717) is 42.3 Å². The van der Waals surface area contributed by atoms with Crippen LogP contribution in [-0.2, 0) is 21.2 Å². The maximum Gasteiger partial charge on any atom is 0.228 e. The van der Waals surface area contributed by atoms with E-state index in [0.717, 1.165) is 16.5 Å². The highest BCUT2D eigenvalue weighted by molar-refractivity contribution is 7.91. The fourth-order valence-electron chi connectivity index (χ4n) is 4.38. The molecular weight excluding hydrogens is 438 g/mol. The Bertz CT molecular complexity index is 1410. The molecule has 0 atom stereocenters. The van der Waals surface area contributed by atoms with Gasteiger partial charge < -0.3 is 0 Å². The van der Waals surface area contributed by atoms with Crippen LogP contribution in [-0.4, -0.2) is 54.6 Å². The topological polar surface area (TPSA) is 87.7 Å². The van der Waals surface area contributed by atoms with Crippen LogP contribution in [0.3, 0.4) is 0 Å². The fraction of sp³-hybridized carbons (Fsp3) is 0.240. The Hall–Kier alpha value is -3.36. The third-order valence-electron chi connectivity index (χ3n) is 6.08. The van der Waals surface area contributed by atoms with Crippen molar-refractivity contribution in [2.45, 2.75) is 13.5 Å². The number of hydrogen-bond acceptors (Lipinski definition) is 6. The van der Waals surface area contributed by atoms with E-state index in [-0.39, 0.29) is 23.2 Å². The largest absolute Gasteiger partial charge is 0.297 e. The van der Waals surface area contributed by atoms with Crippen molar-refractivity contribution in [1.82, 2.24) is 9.88 Å². The molecular formula is C25H23N3O4S. The maximum absolute atomic E-state index is 12.9. The summed E-state index contributed by atoms with van der Waals surface area (Å²) in [6.45, 7) is 3.23. The highest BCUT2D eigenvalue weighted by atomic mass is 32.2. The molecule has 5 rings (SSSR count). The van der Waals surface area contributed by atoms with Crippen LogP contribution in [0.25, 0.3) is 17.0 Å². The molecule has 1 amide bonds. The normalized spacial score (nSPS) is 19.2. The van der Waals surface area contributed by atoms with Gasteiger partial charge in [-0.15, -0.1) is 0 Å². The molecule has 8 heteroatoms. The van der Waals surface area contributed by atoms with Crippen molar-refractivity contribution in [2.24, 2.45) is 0 Å². The summed E-state index contributed by atoms with van der Waals surface area (Å²) in [6.07, 6.45) is 1.66. The van der Waals surface area contributed by atoms with Crippen molar-refractivity contribution in [3.05, 3.63) is 77.1 Å². The zero-order chi connectivity index (χ0) is 23.2. The monoisotopic (exact) mass is 461 g/mol. The number of para-hydroxylation sites is 1. The minimum absolute atomic E-state index is 0.193. The molecule has 33 heavy (non-hydrogen) atoms. The van der Waals surface area contributed by atoms with Gasteiger partial charge in [0.2, 0.25) is 11.7 Å². The average Bonchev–Trinajstić information content (AvgIpc) is 3.07. The Balaban J connectivity index is 1.41. The molecule has 1 fully saturated rings. The summed E-state index contributed by atoms with van der Waals surface area (Å²) in [5.74, 6) is -0.00263. The van der Waals surface area contributed by atoms with Crippen molar-refractivity contribution >= 4 is 44.2 Å². The lowest BCUT2D eigenvalue weighted by atomic mass is 10.1. The van der Waals surface area contributed by atoms with E-state index in [4.69, 9.17) is 0 Å². The summed E-state index contributed by atoms with van der Waals surface area (Å²) in [7, 11) is -2.89. The minimum Gasteiger partial charge on any atom is -0.297 e. The number of carbonyl (C=O) groups excluding carboxylic acids is 2. The van der Waals surface area contributed by atoms with E-state index in [1.54, 1.807) is 30.3 Å². The van der Waals surface area contributed by atoms with Gasteiger partial charge >= 0.3 is 0 Å². The second-order valence-electron chi connectivity index (χ2n) is 8.42. The number of nitrogens with zero attached hydrogens (tertiary/aromatic N) is 3. The molecule has 0 bridgehead atoms. The van der Waals surface area contributed by atoms with E-state index in [9.17, 15) is 18.0 Å². The van der Waals surface area contributed by atoms with E-state index in [1.165, 1.54) is 11.8 Å². The molecule has 1 aromatic heterocycles. The zero-order valence-corrected chi connectivity index (χ0v) is 19.0. The van der Waals surface area contributed by atoms with Gasteiger partial charge in [-0.25, -0.2) is 13.4 Å². The highest BCUT2D eigenvalue weighted by Crippen LogP contribution is 2.35. The Labute approximate surface area is 192 Å². The number of aromatic nitrogens is 1. The van der Waals surface area contributed by atoms with Gasteiger partial charge in [0.15, 0.2) is 9.84 Å². The van der Waals surface area contributed by atoms with E-state index >= 15 is 0 Å². The first-order valence-corrected chi connectivity index (χ1v) is 12.6. The van der Waals surface area contributed by atoms with Crippen LogP contribution in [0.1, 0.15) is 28.5 Å². The molecule has 3 aromatic rings. The number of hydrogen-bond donors (Lipinski definition) is 0. The molecule has 168 valence electrons. The van der Waals surface area contributed by atoms with Crippen LogP contribution in [0.5, 0.6) is 0 Å². The molecule has 0 aliphatic carbocycles. The molecule has 2 aromatic carbocycles. The number of pyridine rings is 1. The number of anilines is 1. The van der Waals surface area contributed by atoms with Crippen LogP contribution in [0.4, 0.5) is 5.69 Å². The Kier molecular flexibility index (Phi) is 5.34. The maximum atomic E-state index is 12.9. The predicted molar refractivity (Wildman–Crippen MR) is 128 cm³/mol. The summed E-state index contributed by atoms with van der Waals surface area (Å²) < 4.78 is 23.3. The molecule has 7 nitrogen and oxygen atoms in total. The lowest BCUT2D eigenvalue weighted by Crippen LogP contribution is -2.39. The highest BCUT2D eigenvalue weighted by Gasteiger charge is 2.34. The molecule has 2 aliphatic heterocycles. The summed E-state index contributed by atoms with van der Waals surface area (Å²) in [5.41, 5.74) is 3.88. The number of rotatable bonds is 3. The van der Waals surface area contributed by atoms with Crippen LogP contribution >= 0.6 is 0 Å². The first-order valence-electron chi connectivity index (χ1n) is 10.8. The van der Waals surface area contributed by atoms with E-state index in [2.05, 4.69) is 16.0 Å². The number of benzene rings is 2. The van der Waals surface area contributed by atoms with Crippen molar-refractivity contribution in [3.8, 4) is 0 Å². The standard InChI is InChI=1S/C25H23N3O4S/c1-17(29)28-23-5-3-2-4-21(23)25(30)24(28)15-20-8-7-19-14-18(6-9-22(19)26-20)16-27-10-12-33(31,32)13-11-27/h2-9,14-15H,10-13,16H2,1H3/b24-15-. The third kappa shape index (κ3) is 4.19. The molecule has 0 saturated carbocycles. The average molecular weight is 462 g/mol. The Morgan fingerprint density at radius 2 is 1.82 bits per heavy atom. The van der Waals surface area contributed by atoms with Gasteiger partial charge in [0.1, 0.15) is 0 Å². The lowest BCUT2D eigenvalue weighted by Gasteiger charge is -2.26. The number of sulfone groups is 1. The second kappa shape index (κ2) is 8.20. The van der Waals surface area contributed by atoms with E-state index in [1.807, 2.05) is 24.3 Å². The van der Waals surface area contributed by atoms with Crippen molar-refractivity contribution in [3.63, 3.8) is 0 Å².